The second-order valence-electron chi connectivity index (χ2n) is 8.83. The number of aliphatic carboxylic acids is 1. The van der Waals surface area contributed by atoms with Crippen LogP contribution in [0.3, 0.4) is 0 Å². The molecular weight excluding hydrogens is 422 g/mol. The first kappa shape index (κ1) is 23.9. The van der Waals surface area contributed by atoms with Gasteiger partial charge in [-0.15, -0.1) is 0 Å². The van der Waals surface area contributed by atoms with Crippen molar-refractivity contribution in [2.75, 3.05) is 32.6 Å². The fraction of sp³-hybridized carbons (Fsp3) is 0.375. The number of aromatic amines is 1. The minimum atomic E-state index is -1.11. The second kappa shape index (κ2) is 9.81. The van der Waals surface area contributed by atoms with Gasteiger partial charge in [0.15, 0.2) is 0 Å². The summed E-state index contributed by atoms with van der Waals surface area (Å²) >= 11 is 0. The first-order chi connectivity index (χ1) is 15.6. The average molecular weight is 454 g/mol. The molecule has 0 spiro atoms. The van der Waals surface area contributed by atoms with Crippen LogP contribution in [-0.4, -0.2) is 60.9 Å². The smallest absolute Gasteiger partial charge is 0.326 e. The number of benzene rings is 1. The van der Waals surface area contributed by atoms with Crippen molar-refractivity contribution in [1.29, 1.82) is 0 Å². The number of rotatable bonds is 9. The summed E-state index contributed by atoms with van der Waals surface area (Å²) in [6.45, 7) is 4.31. The van der Waals surface area contributed by atoms with Crippen molar-refractivity contribution in [2.24, 2.45) is 0 Å². The van der Waals surface area contributed by atoms with Gasteiger partial charge in [-0.05, 0) is 35.4 Å². The van der Waals surface area contributed by atoms with Crippen LogP contribution in [0.5, 0.6) is 5.75 Å². The van der Waals surface area contributed by atoms with E-state index in [-0.39, 0.29) is 11.8 Å². The molecule has 0 aliphatic heterocycles. The topological polar surface area (TPSA) is 120 Å². The van der Waals surface area contributed by atoms with E-state index in [4.69, 9.17) is 4.74 Å². The molecule has 2 amide bonds. The third-order valence-corrected chi connectivity index (χ3v) is 5.68. The van der Waals surface area contributed by atoms with E-state index in [1.54, 1.807) is 19.5 Å². The van der Waals surface area contributed by atoms with Crippen molar-refractivity contribution in [3.63, 3.8) is 0 Å². The molecule has 176 valence electrons. The summed E-state index contributed by atoms with van der Waals surface area (Å²) in [7, 11) is 5.42. The predicted octanol–water partition coefficient (Wildman–Crippen LogP) is 2.91. The van der Waals surface area contributed by atoms with Gasteiger partial charge in [0.2, 0.25) is 0 Å². The van der Waals surface area contributed by atoms with Crippen molar-refractivity contribution in [3.8, 4) is 5.75 Å². The van der Waals surface area contributed by atoms with E-state index in [9.17, 15) is 14.7 Å². The number of pyridine rings is 1. The standard InChI is InChI=1S/C24H31N5O4/c1-24(2,16-6-9-21(26-13-16)29(3)4)14-27-23(32)28-20(22(30)31)10-15-12-25-19-8-7-17(33-5)11-18(15)19/h6-9,11-13,20,25H,10,14H2,1-5H3,(H,30,31)(H2,27,28,32). The van der Waals surface area contributed by atoms with Crippen molar-refractivity contribution in [2.45, 2.75) is 31.7 Å². The molecule has 3 rings (SSSR count). The Kier molecular flexibility index (Phi) is 7.10. The Morgan fingerprint density at radius 1 is 1.24 bits per heavy atom. The van der Waals surface area contributed by atoms with E-state index in [2.05, 4.69) is 20.6 Å². The zero-order valence-corrected chi connectivity index (χ0v) is 19.6. The van der Waals surface area contributed by atoms with Gasteiger partial charge in [-0.1, -0.05) is 19.9 Å². The number of nitrogens with one attached hydrogen (secondary N) is 3. The number of carbonyl (C=O) groups is 2. The Balaban J connectivity index is 1.64. The number of carbonyl (C=O) groups excluding carboxylic acids is 1. The van der Waals surface area contributed by atoms with Gasteiger partial charge in [-0.2, -0.15) is 0 Å². The second-order valence-corrected chi connectivity index (χ2v) is 8.83. The van der Waals surface area contributed by atoms with Crippen LogP contribution in [0.2, 0.25) is 0 Å². The van der Waals surface area contributed by atoms with E-state index in [1.807, 2.05) is 63.2 Å². The number of carboxylic acid groups (broad SMARTS) is 1. The normalized spacial score (nSPS) is 12.3. The molecule has 0 bridgehead atoms. The number of fused-ring (bicyclic) bond motifs is 1. The number of aromatic nitrogens is 2. The van der Waals surface area contributed by atoms with Gasteiger partial charge in [0.1, 0.15) is 17.6 Å². The molecule has 0 saturated carbocycles. The number of anilines is 1. The van der Waals surface area contributed by atoms with Gasteiger partial charge in [-0.25, -0.2) is 14.6 Å². The number of nitrogens with zero attached hydrogens (tertiary/aromatic N) is 2. The molecule has 1 aromatic carbocycles. The van der Waals surface area contributed by atoms with Gasteiger partial charge >= 0.3 is 12.0 Å². The highest BCUT2D eigenvalue weighted by Gasteiger charge is 2.25. The molecule has 2 aromatic heterocycles. The van der Waals surface area contributed by atoms with Crippen molar-refractivity contribution >= 4 is 28.7 Å². The molecule has 1 atom stereocenters. The van der Waals surface area contributed by atoms with Crippen LogP contribution in [0, 0.1) is 0 Å². The van der Waals surface area contributed by atoms with Crippen LogP contribution in [-0.2, 0) is 16.6 Å². The van der Waals surface area contributed by atoms with Crippen molar-refractivity contribution in [3.05, 3.63) is 53.9 Å². The molecule has 1 unspecified atom stereocenters. The van der Waals surface area contributed by atoms with Gasteiger partial charge in [0.05, 0.1) is 7.11 Å². The minimum Gasteiger partial charge on any atom is -0.497 e. The van der Waals surface area contributed by atoms with E-state index in [1.165, 1.54) is 0 Å². The Labute approximate surface area is 193 Å². The first-order valence-electron chi connectivity index (χ1n) is 10.7. The van der Waals surface area contributed by atoms with Gasteiger partial charge in [0.25, 0.3) is 0 Å². The molecule has 9 nitrogen and oxygen atoms in total. The maximum atomic E-state index is 12.5. The number of urea groups is 1. The molecule has 2 heterocycles. The van der Waals surface area contributed by atoms with E-state index < -0.39 is 18.0 Å². The lowest BCUT2D eigenvalue weighted by Gasteiger charge is -2.26. The summed E-state index contributed by atoms with van der Waals surface area (Å²) < 4.78 is 5.27. The Morgan fingerprint density at radius 3 is 2.61 bits per heavy atom. The van der Waals surface area contributed by atoms with Crippen LogP contribution >= 0.6 is 0 Å². The molecule has 0 radical (unpaired) electrons. The zero-order chi connectivity index (χ0) is 24.2. The summed E-state index contributed by atoms with van der Waals surface area (Å²) in [5.74, 6) is 0.417. The quantitative estimate of drug-likeness (QED) is 0.396. The number of carboxylic acids is 1. The molecule has 0 aliphatic carbocycles. The van der Waals surface area contributed by atoms with E-state index in [0.717, 1.165) is 27.8 Å². The maximum absolute atomic E-state index is 12.5. The zero-order valence-electron chi connectivity index (χ0n) is 19.6. The van der Waals surface area contributed by atoms with Crippen LogP contribution in [0.15, 0.2) is 42.7 Å². The summed E-state index contributed by atoms with van der Waals surface area (Å²) in [4.78, 5) is 33.8. The molecule has 9 heteroatoms. The number of hydrogen-bond acceptors (Lipinski definition) is 5. The Morgan fingerprint density at radius 2 is 2.00 bits per heavy atom. The van der Waals surface area contributed by atoms with Crippen LogP contribution in [0.25, 0.3) is 10.9 Å². The molecule has 33 heavy (non-hydrogen) atoms. The number of amides is 2. The third kappa shape index (κ3) is 5.74. The first-order valence-corrected chi connectivity index (χ1v) is 10.7. The number of H-pyrrole nitrogens is 1. The summed E-state index contributed by atoms with van der Waals surface area (Å²) in [5.41, 5.74) is 2.23. The number of methoxy groups -OCH3 is 1. The maximum Gasteiger partial charge on any atom is 0.326 e. The molecule has 3 aromatic rings. The van der Waals surface area contributed by atoms with Gasteiger partial charge in [0, 0.05) is 55.8 Å². The van der Waals surface area contributed by atoms with E-state index in [0.29, 0.717) is 12.3 Å². The summed E-state index contributed by atoms with van der Waals surface area (Å²) in [6, 6.07) is 7.83. The lowest BCUT2D eigenvalue weighted by atomic mass is 9.85. The minimum absolute atomic E-state index is 0.134. The Bertz CT molecular complexity index is 1120. The third-order valence-electron chi connectivity index (χ3n) is 5.68. The van der Waals surface area contributed by atoms with Gasteiger partial charge in [-0.3, -0.25) is 0 Å². The van der Waals surface area contributed by atoms with Crippen LogP contribution in [0.1, 0.15) is 25.0 Å². The largest absolute Gasteiger partial charge is 0.497 e. The van der Waals surface area contributed by atoms with Crippen LogP contribution in [0.4, 0.5) is 10.6 Å². The highest BCUT2D eigenvalue weighted by atomic mass is 16.5. The fourth-order valence-electron chi connectivity index (χ4n) is 3.54. The lowest BCUT2D eigenvalue weighted by Crippen LogP contribution is -2.49. The fourth-order valence-corrected chi connectivity index (χ4v) is 3.54. The SMILES string of the molecule is COc1ccc2[nH]cc(CC(NC(=O)NCC(C)(C)c3ccc(N(C)C)nc3)C(=O)O)c2c1. The van der Waals surface area contributed by atoms with Crippen molar-refractivity contribution in [1.82, 2.24) is 20.6 Å². The molecule has 0 fully saturated rings. The number of ether oxygens (including phenoxy) is 1. The van der Waals surface area contributed by atoms with E-state index >= 15 is 0 Å². The summed E-state index contributed by atoms with van der Waals surface area (Å²) in [6.07, 6.45) is 3.68. The highest BCUT2D eigenvalue weighted by Crippen LogP contribution is 2.25. The average Bonchev–Trinajstić information content (AvgIpc) is 3.19. The highest BCUT2D eigenvalue weighted by molar-refractivity contribution is 5.87. The Hall–Kier alpha value is -3.75. The molecule has 4 N–H and O–H groups in total. The molecule has 0 aliphatic rings. The van der Waals surface area contributed by atoms with Crippen LogP contribution < -0.4 is 20.3 Å². The molecular formula is C24H31N5O4. The lowest BCUT2D eigenvalue weighted by molar-refractivity contribution is -0.139. The van der Waals surface area contributed by atoms with Gasteiger partial charge < -0.3 is 30.4 Å². The predicted molar refractivity (Wildman–Crippen MR) is 128 cm³/mol. The number of hydrogen-bond donors (Lipinski definition) is 4. The molecule has 0 saturated heterocycles. The monoisotopic (exact) mass is 453 g/mol. The van der Waals surface area contributed by atoms with Crippen molar-refractivity contribution < 1.29 is 19.4 Å². The summed E-state index contributed by atoms with van der Waals surface area (Å²) in [5, 5.41) is 15.9.